The van der Waals surface area contributed by atoms with E-state index in [2.05, 4.69) is 59.8 Å². The Hall–Kier alpha value is -0.0800. The van der Waals surface area contributed by atoms with Crippen LogP contribution in [0.2, 0.25) is 0 Å². The van der Waals surface area contributed by atoms with Crippen LogP contribution < -0.4 is 5.32 Å². The first kappa shape index (κ1) is 22.0. The number of nitrogens with one attached hydrogen (secondary N) is 1. The Morgan fingerprint density at radius 3 is 2.21 bits per heavy atom. The molecule has 0 radical (unpaired) electrons. The normalized spacial score (nSPS) is 24.1. The van der Waals surface area contributed by atoms with Gasteiger partial charge >= 0.3 is 0 Å². The van der Waals surface area contributed by atoms with Crippen molar-refractivity contribution in [2.75, 3.05) is 59.9 Å². The molecule has 0 aromatic rings. The fourth-order valence-corrected chi connectivity index (χ4v) is 3.76. The maximum atomic E-state index is 4.53. The topological polar surface area (TPSA) is 34.1 Å². The van der Waals surface area contributed by atoms with Crippen molar-refractivity contribution in [2.24, 2.45) is 16.3 Å². The number of halogens is 1. The molecule has 2 heterocycles. The molecule has 0 saturated carbocycles. The summed E-state index contributed by atoms with van der Waals surface area (Å²) in [6.07, 6.45) is 1.25. The molecule has 2 fully saturated rings. The van der Waals surface area contributed by atoms with Crippen LogP contribution in [0.1, 0.15) is 34.1 Å². The lowest BCUT2D eigenvalue weighted by molar-refractivity contribution is 0.0896. The minimum atomic E-state index is 0. The lowest BCUT2D eigenvalue weighted by atomic mass is 9.93. The van der Waals surface area contributed by atoms with Crippen LogP contribution in [0.3, 0.4) is 0 Å². The summed E-state index contributed by atoms with van der Waals surface area (Å²) in [5.41, 5.74) is 0.409. The minimum Gasteiger partial charge on any atom is -0.355 e. The van der Waals surface area contributed by atoms with Gasteiger partial charge in [-0.1, -0.05) is 27.7 Å². The quantitative estimate of drug-likeness (QED) is 0.404. The van der Waals surface area contributed by atoms with Gasteiger partial charge in [0.15, 0.2) is 5.96 Å². The minimum absolute atomic E-state index is 0. The van der Waals surface area contributed by atoms with Crippen molar-refractivity contribution in [1.29, 1.82) is 0 Å². The molecular weight excluding hydrogens is 413 g/mol. The van der Waals surface area contributed by atoms with Gasteiger partial charge in [-0.2, -0.15) is 0 Å². The Morgan fingerprint density at radius 2 is 1.75 bits per heavy atom. The standard InChI is InChI=1S/C18H37N5.HI/c1-15(2)16(22-11-9-21(6)10-12-22)13-20-17(19-5)23-8-7-18(3,4)14-23;/h15-16H,7-14H2,1-6H3,(H,19,20);1H. The predicted molar refractivity (Wildman–Crippen MR) is 114 cm³/mol. The number of likely N-dealkylation sites (N-methyl/N-ethyl adjacent to an activating group) is 1. The molecule has 2 saturated heterocycles. The summed E-state index contributed by atoms with van der Waals surface area (Å²) in [5.74, 6) is 1.73. The first-order valence-corrected chi connectivity index (χ1v) is 9.20. The van der Waals surface area contributed by atoms with E-state index in [9.17, 15) is 0 Å². The summed E-state index contributed by atoms with van der Waals surface area (Å²) < 4.78 is 0. The fraction of sp³-hybridized carbons (Fsp3) is 0.944. The van der Waals surface area contributed by atoms with E-state index >= 15 is 0 Å². The third kappa shape index (κ3) is 6.02. The number of nitrogens with zero attached hydrogens (tertiary/aromatic N) is 4. The van der Waals surface area contributed by atoms with Crippen molar-refractivity contribution in [2.45, 2.75) is 40.2 Å². The fourth-order valence-electron chi connectivity index (χ4n) is 3.76. The molecule has 2 aliphatic heterocycles. The van der Waals surface area contributed by atoms with E-state index in [4.69, 9.17) is 0 Å². The van der Waals surface area contributed by atoms with Crippen molar-refractivity contribution >= 4 is 29.9 Å². The smallest absolute Gasteiger partial charge is 0.193 e. The number of hydrogen-bond donors (Lipinski definition) is 1. The third-order valence-electron chi connectivity index (χ3n) is 5.43. The van der Waals surface area contributed by atoms with Gasteiger partial charge in [-0.25, -0.2) is 0 Å². The molecule has 2 rings (SSSR count). The highest BCUT2D eigenvalue weighted by molar-refractivity contribution is 14.0. The number of rotatable bonds is 4. The Balaban J connectivity index is 0.00000288. The Kier molecular flexibility index (Phi) is 8.76. The van der Waals surface area contributed by atoms with Crippen LogP contribution in [0.5, 0.6) is 0 Å². The maximum absolute atomic E-state index is 4.53. The predicted octanol–water partition coefficient (Wildman–Crippen LogP) is 2.18. The first-order valence-electron chi connectivity index (χ1n) is 9.20. The van der Waals surface area contributed by atoms with E-state index in [1.807, 2.05) is 7.05 Å². The van der Waals surface area contributed by atoms with E-state index in [0.717, 1.165) is 25.6 Å². The molecule has 142 valence electrons. The van der Waals surface area contributed by atoms with Gasteiger partial charge in [-0.15, -0.1) is 24.0 Å². The van der Waals surface area contributed by atoms with Crippen molar-refractivity contribution in [3.63, 3.8) is 0 Å². The molecule has 1 N–H and O–H groups in total. The largest absolute Gasteiger partial charge is 0.355 e. The number of hydrogen-bond acceptors (Lipinski definition) is 3. The molecule has 0 aromatic heterocycles. The van der Waals surface area contributed by atoms with Crippen molar-refractivity contribution < 1.29 is 0 Å². The molecule has 0 aromatic carbocycles. The highest BCUT2D eigenvalue weighted by Crippen LogP contribution is 2.28. The van der Waals surface area contributed by atoms with Crippen LogP contribution in [-0.4, -0.2) is 86.6 Å². The van der Waals surface area contributed by atoms with Crippen LogP contribution in [-0.2, 0) is 0 Å². The third-order valence-corrected chi connectivity index (χ3v) is 5.43. The van der Waals surface area contributed by atoms with Crippen LogP contribution >= 0.6 is 24.0 Å². The Morgan fingerprint density at radius 1 is 1.12 bits per heavy atom. The van der Waals surface area contributed by atoms with Gasteiger partial charge in [-0.05, 0) is 24.8 Å². The summed E-state index contributed by atoms with van der Waals surface area (Å²) in [4.78, 5) is 12.0. The van der Waals surface area contributed by atoms with Crippen molar-refractivity contribution in [1.82, 2.24) is 20.0 Å². The van der Waals surface area contributed by atoms with Gasteiger partial charge in [0.05, 0.1) is 0 Å². The highest BCUT2D eigenvalue weighted by Gasteiger charge is 2.31. The molecule has 0 spiro atoms. The number of piperazine rings is 1. The molecule has 2 aliphatic rings. The zero-order valence-electron chi connectivity index (χ0n) is 16.5. The lowest BCUT2D eigenvalue weighted by Gasteiger charge is -2.40. The molecule has 0 bridgehead atoms. The lowest BCUT2D eigenvalue weighted by Crippen LogP contribution is -2.55. The number of aliphatic imine (C=N–C) groups is 1. The van der Waals surface area contributed by atoms with Gasteiger partial charge in [0, 0.05) is 58.9 Å². The van der Waals surface area contributed by atoms with Crippen LogP contribution in [0.25, 0.3) is 0 Å². The van der Waals surface area contributed by atoms with Gasteiger partial charge < -0.3 is 15.1 Å². The van der Waals surface area contributed by atoms with Crippen molar-refractivity contribution in [3.8, 4) is 0 Å². The second kappa shape index (κ2) is 9.57. The van der Waals surface area contributed by atoms with Gasteiger partial charge in [0.1, 0.15) is 0 Å². The van der Waals surface area contributed by atoms with Gasteiger partial charge in [-0.3, -0.25) is 9.89 Å². The molecule has 0 aliphatic carbocycles. The summed E-state index contributed by atoms with van der Waals surface area (Å²) in [6.45, 7) is 17.3. The molecule has 0 amide bonds. The zero-order valence-corrected chi connectivity index (χ0v) is 18.8. The van der Waals surface area contributed by atoms with Crippen molar-refractivity contribution in [3.05, 3.63) is 0 Å². The maximum Gasteiger partial charge on any atom is 0.193 e. The first-order chi connectivity index (χ1) is 10.8. The molecule has 1 unspecified atom stereocenters. The Bertz CT molecular complexity index is 402. The van der Waals surface area contributed by atoms with E-state index in [0.29, 0.717) is 17.4 Å². The van der Waals surface area contributed by atoms with E-state index in [-0.39, 0.29) is 24.0 Å². The molecule has 1 atom stereocenters. The van der Waals surface area contributed by atoms with E-state index < -0.39 is 0 Å². The average Bonchev–Trinajstić information content (AvgIpc) is 2.85. The molecule has 5 nitrogen and oxygen atoms in total. The van der Waals surface area contributed by atoms with E-state index in [1.165, 1.54) is 32.6 Å². The summed E-state index contributed by atoms with van der Waals surface area (Å²) >= 11 is 0. The summed E-state index contributed by atoms with van der Waals surface area (Å²) in [6, 6.07) is 0.580. The van der Waals surface area contributed by atoms with E-state index in [1.54, 1.807) is 0 Å². The second-order valence-electron chi connectivity index (χ2n) is 8.41. The summed E-state index contributed by atoms with van der Waals surface area (Å²) in [7, 11) is 4.13. The number of guanidine groups is 1. The van der Waals surface area contributed by atoms with Crippen LogP contribution in [0.15, 0.2) is 4.99 Å². The highest BCUT2D eigenvalue weighted by atomic mass is 127. The average molecular weight is 451 g/mol. The SMILES string of the molecule is CN=C(NCC(C(C)C)N1CCN(C)CC1)N1CCC(C)(C)C1.I. The van der Waals surface area contributed by atoms with Crippen LogP contribution in [0.4, 0.5) is 0 Å². The second-order valence-corrected chi connectivity index (χ2v) is 8.41. The zero-order chi connectivity index (χ0) is 17.0. The van der Waals surface area contributed by atoms with Gasteiger partial charge in [0.2, 0.25) is 0 Å². The summed E-state index contributed by atoms with van der Waals surface area (Å²) in [5, 5.41) is 3.66. The molecule has 24 heavy (non-hydrogen) atoms. The Labute approximate surface area is 166 Å². The molecule has 6 heteroatoms. The van der Waals surface area contributed by atoms with Crippen LogP contribution in [0, 0.1) is 11.3 Å². The molecular formula is C18H38IN5. The van der Waals surface area contributed by atoms with Gasteiger partial charge in [0.25, 0.3) is 0 Å². The number of likely N-dealkylation sites (tertiary alicyclic amines) is 1. The monoisotopic (exact) mass is 451 g/mol.